The zero-order valence-electron chi connectivity index (χ0n) is 14.5. The maximum absolute atomic E-state index is 15.0. The number of halogens is 2. The van der Waals surface area contributed by atoms with Gasteiger partial charge in [-0.3, -0.25) is 14.1 Å². The molecule has 1 aromatic carbocycles. The van der Waals surface area contributed by atoms with Crippen molar-refractivity contribution in [1.82, 2.24) is 19.1 Å². The molecular weight excluding hydrogens is 354 g/mol. The Morgan fingerprint density at radius 2 is 2.04 bits per heavy atom. The van der Waals surface area contributed by atoms with Gasteiger partial charge >= 0.3 is 5.69 Å². The van der Waals surface area contributed by atoms with Crippen LogP contribution >= 0.6 is 0 Å². The summed E-state index contributed by atoms with van der Waals surface area (Å²) in [6.45, 7) is 2.06. The minimum atomic E-state index is -0.652. The quantitative estimate of drug-likeness (QED) is 0.484. The van der Waals surface area contributed by atoms with Crippen LogP contribution < -0.4 is 10.4 Å². The van der Waals surface area contributed by atoms with Gasteiger partial charge < -0.3 is 4.74 Å². The van der Waals surface area contributed by atoms with Gasteiger partial charge in [0.2, 0.25) is 5.95 Å². The van der Waals surface area contributed by atoms with Crippen LogP contribution in [0.4, 0.5) is 8.78 Å². The van der Waals surface area contributed by atoms with Crippen LogP contribution in [0, 0.1) is 11.8 Å². The number of aryl methyl sites for hydroxylation is 1. The molecule has 4 heterocycles. The third-order valence-electron chi connectivity index (χ3n) is 5.04. The Hall–Kier alpha value is -3.29. The predicted molar refractivity (Wildman–Crippen MR) is 95.8 cm³/mol. The molecule has 0 bridgehead atoms. The molecule has 5 rings (SSSR count). The van der Waals surface area contributed by atoms with Crippen molar-refractivity contribution in [1.29, 1.82) is 0 Å². The van der Waals surface area contributed by atoms with E-state index in [1.807, 2.05) is 6.92 Å². The Labute approximate surface area is 151 Å². The van der Waals surface area contributed by atoms with E-state index in [9.17, 15) is 13.6 Å². The van der Waals surface area contributed by atoms with Crippen molar-refractivity contribution in [3.63, 3.8) is 0 Å². The number of hydrogen-bond donors (Lipinski definition) is 0. The molecule has 1 aliphatic rings. The van der Waals surface area contributed by atoms with Crippen LogP contribution in [0.1, 0.15) is 13.0 Å². The second-order valence-electron chi connectivity index (χ2n) is 6.69. The van der Waals surface area contributed by atoms with E-state index in [0.717, 1.165) is 0 Å². The topological polar surface area (TPSA) is 61.9 Å². The van der Waals surface area contributed by atoms with Gasteiger partial charge in [0, 0.05) is 24.9 Å². The number of imidazole rings is 1. The molecule has 1 atom stereocenters. The molecule has 0 saturated heterocycles. The van der Waals surface area contributed by atoms with Gasteiger partial charge in [0.1, 0.15) is 18.2 Å². The number of aromatic nitrogens is 4. The summed E-state index contributed by atoms with van der Waals surface area (Å²) in [7, 11) is 1.68. The Kier molecular flexibility index (Phi) is 3.16. The summed E-state index contributed by atoms with van der Waals surface area (Å²) < 4.78 is 37.3. The molecule has 27 heavy (non-hydrogen) atoms. The molecule has 0 spiro atoms. The molecule has 6 nitrogen and oxygen atoms in total. The third-order valence-corrected chi connectivity index (χ3v) is 5.04. The summed E-state index contributed by atoms with van der Waals surface area (Å²) in [5, 5.41) is 0.565. The lowest BCUT2D eigenvalue weighted by molar-refractivity contribution is 0.267. The van der Waals surface area contributed by atoms with Gasteiger partial charge in [0.25, 0.3) is 0 Å². The van der Waals surface area contributed by atoms with Crippen molar-refractivity contribution in [2.45, 2.75) is 13.0 Å². The SMILES string of the molecule is C[C@H]1COc2c(-c3ccc(F)nc3)c(F)cc3ncc4c(c23)n1c(=O)n4C. The van der Waals surface area contributed by atoms with Crippen molar-refractivity contribution in [3.8, 4) is 16.9 Å². The van der Waals surface area contributed by atoms with Gasteiger partial charge in [-0.2, -0.15) is 4.39 Å². The van der Waals surface area contributed by atoms with Gasteiger partial charge in [0.05, 0.1) is 39.7 Å². The molecule has 136 valence electrons. The molecule has 0 N–H and O–H groups in total. The van der Waals surface area contributed by atoms with E-state index in [1.165, 1.54) is 29.0 Å². The number of hydrogen-bond acceptors (Lipinski definition) is 4. The van der Waals surface area contributed by atoms with Crippen LogP contribution in [-0.2, 0) is 7.05 Å². The molecule has 4 aromatic rings. The molecule has 1 aliphatic heterocycles. The second-order valence-corrected chi connectivity index (χ2v) is 6.69. The van der Waals surface area contributed by atoms with Crippen molar-refractivity contribution < 1.29 is 13.5 Å². The van der Waals surface area contributed by atoms with Gasteiger partial charge in [-0.05, 0) is 19.1 Å². The Balaban J connectivity index is 2.00. The van der Waals surface area contributed by atoms with Crippen molar-refractivity contribution in [3.05, 3.63) is 52.8 Å². The van der Waals surface area contributed by atoms with E-state index in [4.69, 9.17) is 4.74 Å². The Morgan fingerprint density at radius 1 is 1.22 bits per heavy atom. The van der Waals surface area contributed by atoms with Crippen LogP contribution in [-0.4, -0.2) is 25.7 Å². The number of pyridine rings is 2. The number of rotatable bonds is 1. The normalized spacial score (nSPS) is 16.1. The Bertz CT molecular complexity index is 1290. The van der Waals surface area contributed by atoms with Gasteiger partial charge in [-0.25, -0.2) is 14.2 Å². The third kappa shape index (κ3) is 2.06. The van der Waals surface area contributed by atoms with Crippen LogP contribution in [0.2, 0.25) is 0 Å². The summed E-state index contributed by atoms with van der Waals surface area (Å²) >= 11 is 0. The van der Waals surface area contributed by atoms with Crippen molar-refractivity contribution >= 4 is 21.9 Å². The first-order valence-corrected chi connectivity index (χ1v) is 8.44. The number of benzene rings is 1. The summed E-state index contributed by atoms with van der Waals surface area (Å²) in [4.78, 5) is 20.7. The molecule has 0 unspecified atom stereocenters. The van der Waals surface area contributed by atoms with Crippen LogP contribution in [0.5, 0.6) is 5.75 Å². The molecule has 0 saturated carbocycles. The minimum Gasteiger partial charge on any atom is -0.490 e. The lowest BCUT2D eigenvalue weighted by Gasteiger charge is -2.15. The lowest BCUT2D eigenvalue weighted by Crippen LogP contribution is -2.27. The molecule has 0 amide bonds. The zero-order chi connectivity index (χ0) is 18.9. The fourth-order valence-electron chi connectivity index (χ4n) is 3.74. The van der Waals surface area contributed by atoms with Crippen molar-refractivity contribution in [2.75, 3.05) is 6.61 Å². The highest BCUT2D eigenvalue weighted by Crippen LogP contribution is 2.43. The summed E-state index contributed by atoms with van der Waals surface area (Å²) in [5.41, 5.74) is 2.08. The smallest absolute Gasteiger partial charge is 0.329 e. The molecular formula is C19H14F2N4O2. The first-order chi connectivity index (χ1) is 13.0. The van der Waals surface area contributed by atoms with E-state index in [-0.39, 0.29) is 23.9 Å². The maximum atomic E-state index is 15.0. The van der Waals surface area contributed by atoms with E-state index in [0.29, 0.717) is 33.2 Å². The van der Waals surface area contributed by atoms with E-state index >= 15 is 0 Å². The highest BCUT2D eigenvalue weighted by atomic mass is 19.1. The summed E-state index contributed by atoms with van der Waals surface area (Å²) in [5.74, 6) is -0.904. The van der Waals surface area contributed by atoms with Gasteiger partial charge in [0.15, 0.2) is 0 Å². The molecule has 0 fully saturated rings. The van der Waals surface area contributed by atoms with Gasteiger partial charge in [-0.15, -0.1) is 0 Å². The maximum Gasteiger partial charge on any atom is 0.329 e. The minimum absolute atomic E-state index is 0.182. The van der Waals surface area contributed by atoms with Crippen LogP contribution in [0.15, 0.2) is 35.4 Å². The monoisotopic (exact) mass is 368 g/mol. The van der Waals surface area contributed by atoms with Crippen molar-refractivity contribution in [2.24, 2.45) is 7.05 Å². The largest absolute Gasteiger partial charge is 0.490 e. The molecule has 8 heteroatoms. The average Bonchev–Trinajstić information content (AvgIpc) is 2.80. The van der Waals surface area contributed by atoms with Crippen LogP contribution in [0.25, 0.3) is 33.1 Å². The zero-order valence-corrected chi connectivity index (χ0v) is 14.5. The van der Waals surface area contributed by atoms with Crippen LogP contribution in [0.3, 0.4) is 0 Å². The fourth-order valence-corrected chi connectivity index (χ4v) is 3.74. The summed E-state index contributed by atoms with van der Waals surface area (Å²) in [6, 6.07) is 3.67. The van der Waals surface area contributed by atoms with E-state index < -0.39 is 11.8 Å². The van der Waals surface area contributed by atoms with E-state index in [1.54, 1.807) is 17.8 Å². The first-order valence-electron chi connectivity index (χ1n) is 8.44. The first kappa shape index (κ1) is 15.9. The van der Waals surface area contributed by atoms with E-state index in [2.05, 4.69) is 9.97 Å². The molecule has 3 aromatic heterocycles. The Morgan fingerprint density at radius 3 is 2.78 bits per heavy atom. The predicted octanol–water partition coefficient (Wildman–Crippen LogP) is 3.18. The number of nitrogens with zero attached hydrogens (tertiary/aromatic N) is 4. The van der Waals surface area contributed by atoms with Gasteiger partial charge in [-0.1, -0.05) is 0 Å². The fraction of sp³-hybridized carbons (Fsp3) is 0.211. The lowest BCUT2D eigenvalue weighted by atomic mass is 10.0. The number of ether oxygens (including phenoxy) is 1. The molecule has 0 radical (unpaired) electrons. The highest BCUT2D eigenvalue weighted by Gasteiger charge is 2.28. The molecule has 0 aliphatic carbocycles. The summed E-state index contributed by atoms with van der Waals surface area (Å²) in [6.07, 6.45) is 2.83. The average molecular weight is 368 g/mol. The highest BCUT2D eigenvalue weighted by molar-refractivity contribution is 6.09. The standard InChI is InChI=1S/C19H14F2N4O2/c1-9-8-27-18-15(10-3-4-14(21)23-6-10)11(20)5-12-16(18)17-13(7-22-12)24(2)19(26)25(9)17/h3-7,9H,8H2,1-2H3/t9-/m0/s1. The second kappa shape index (κ2) is 5.35.